The fourth-order valence-corrected chi connectivity index (χ4v) is 4.18. The molecule has 1 aliphatic carbocycles. The minimum Gasteiger partial charge on any atom is -0.293 e. The summed E-state index contributed by atoms with van der Waals surface area (Å²) in [6.07, 6.45) is 6.91. The van der Waals surface area contributed by atoms with Gasteiger partial charge in [0.2, 0.25) is 0 Å². The summed E-state index contributed by atoms with van der Waals surface area (Å²) in [6, 6.07) is 0. The maximum absolute atomic E-state index is 4.40. The van der Waals surface area contributed by atoms with Gasteiger partial charge in [-0.1, -0.05) is 32.9 Å². The van der Waals surface area contributed by atoms with Crippen molar-refractivity contribution in [1.82, 2.24) is 4.90 Å². The van der Waals surface area contributed by atoms with Crippen LogP contribution in [0.1, 0.15) is 52.9 Å². The molecule has 90 valence electrons. The SMILES string of the molecule is C=C1CCN2CC3(CC3)CC12CC(C)(C)C. The fraction of sp³-hybridized carbons (Fsp3) is 0.867. The molecule has 0 N–H and O–H groups in total. The van der Waals surface area contributed by atoms with Crippen molar-refractivity contribution in [1.29, 1.82) is 0 Å². The average molecular weight is 219 g/mol. The van der Waals surface area contributed by atoms with Crippen LogP contribution >= 0.6 is 0 Å². The van der Waals surface area contributed by atoms with Gasteiger partial charge in [-0.25, -0.2) is 0 Å². The van der Waals surface area contributed by atoms with Crippen molar-refractivity contribution in [2.45, 2.75) is 58.4 Å². The summed E-state index contributed by atoms with van der Waals surface area (Å²) in [7, 11) is 0. The molecule has 0 radical (unpaired) electrons. The summed E-state index contributed by atoms with van der Waals surface area (Å²) in [4.78, 5) is 2.77. The molecule has 1 unspecified atom stereocenters. The normalized spacial score (nSPS) is 37.1. The van der Waals surface area contributed by atoms with Crippen LogP contribution in [-0.2, 0) is 0 Å². The lowest BCUT2D eigenvalue weighted by Gasteiger charge is -2.38. The van der Waals surface area contributed by atoms with Gasteiger partial charge >= 0.3 is 0 Å². The number of fused-ring (bicyclic) bond motifs is 1. The molecule has 2 aliphatic heterocycles. The van der Waals surface area contributed by atoms with Crippen LogP contribution in [0.4, 0.5) is 0 Å². The Morgan fingerprint density at radius 2 is 2.00 bits per heavy atom. The summed E-state index contributed by atoms with van der Waals surface area (Å²) in [5.41, 5.74) is 3.06. The summed E-state index contributed by atoms with van der Waals surface area (Å²) in [6.45, 7) is 14.2. The molecular formula is C15H25N. The Labute approximate surface area is 99.9 Å². The standard InChI is InChI=1S/C15H25N/c1-12-5-8-16-11-14(6-7-14)10-15(12,16)9-13(2,3)4/h1,5-11H2,2-4H3. The van der Waals surface area contributed by atoms with E-state index in [0.717, 1.165) is 0 Å². The van der Waals surface area contributed by atoms with E-state index in [-0.39, 0.29) is 0 Å². The molecule has 2 heterocycles. The first-order valence-electron chi connectivity index (χ1n) is 6.79. The smallest absolute Gasteiger partial charge is 0.0429 e. The van der Waals surface area contributed by atoms with E-state index in [1.165, 1.54) is 50.8 Å². The Balaban J connectivity index is 1.91. The maximum Gasteiger partial charge on any atom is 0.0429 e. The van der Waals surface area contributed by atoms with Crippen molar-refractivity contribution in [2.24, 2.45) is 10.8 Å². The first kappa shape index (κ1) is 10.8. The van der Waals surface area contributed by atoms with Crippen molar-refractivity contribution >= 4 is 0 Å². The summed E-state index contributed by atoms with van der Waals surface area (Å²) >= 11 is 0. The van der Waals surface area contributed by atoms with Gasteiger partial charge in [-0.2, -0.15) is 0 Å². The lowest BCUT2D eigenvalue weighted by molar-refractivity contribution is 0.155. The molecule has 0 amide bonds. The summed E-state index contributed by atoms with van der Waals surface area (Å²) < 4.78 is 0. The molecule has 3 aliphatic rings. The van der Waals surface area contributed by atoms with E-state index >= 15 is 0 Å². The van der Waals surface area contributed by atoms with Gasteiger partial charge in [-0.15, -0.1) is 0 Å². The van der Waals surface area contributed by atoms with Gasteiger partial charge in [0.15, 0.2) is 0 Å². The number of hydrogen-bond acceptors (Lipinski definition) is 1. The van der Waals surface area contributed by atoms with Gasteiger partial charge in [-0.05, 0) is 42.9 Å². The predicted octanol–water partition coefficient (Wildman–Crippen LogP) is 3.61. The third-order valence-corrected chi connectivity index (χ3v) is 4.92. The molecule has 0 aromatic rings. The van der Waals surface area contributed by atoms with E-state index in [9.17, 15) is 0 Å². The zero-order valence-corrected chi connectivity index (χ0v) is 11.1. The Hall–Kier alpha value is -0.300. The van der Waals surface area contributed by atoms with Crippen LogP contribution in [0.3, 0.4) is 0 Å². The van der Waals surface area contributed by atoms with Gasteiger partial charge in [0.1, 0.15) is 0 Å². The molecule has 1 heteroatoms. The third-order valence-electron chi connectivity index (χ3n) is 4.92. The molecule has 1 nitrogen and oxygen atoms in total. The van der Waals surface area contributed by atoms with Crippen molar-refractivity contribution in [3.63, 3.8) is 0 Å². The maximum atomic E-state index is 4.40. The lowest BCUT2D eigenvalue weighted by atomic mass is 9.74. The van der Waals surface area contributed by atoms with Crippen LogP contribution in [0.25, 0.3) is 0 Å². The van der Waals surface area contributed by atoms with E-state index in [0.29, 0.717) is 16.4 Å². The molecule has 16 heavy (non-hydrogen) atoms. The first-order valence-corrected chi connectivity index (χ1v) is 6.79. The Kier molecular flexibility index (Phi) is 1.98. The van der Waals surface area contributed by atoms with Crippen LogP contribution in [0.5, 0.6) is 0 Å². The molecule has 1 atom stereocenters. The highest BCUT2D eigenvalue weighted by molar-refractivity contribution is 5.30. The Bertz CT molecular complexity index is 332. The second-order valence-electron chi connectivity index (χ2n) is 7.72. The predicted molar refractivity (Wildman–Crippen MR) is 68.4 cm³/mol. The largest absolute Gasteiger partial charge is 0.293 e. The molecule has 0 aromatic heterocycles. The van der Waals surface area contributed by atoms with Crippen molar-refractivity contribution in [3.05, 3.63) is 12.2 Å². The van der Waals surface area contributed by atoms with Crippen molar-refractivity contribution in [2.75, 3.05) is 13.1 Å². The highest BCUT2D eigenvalue weighted by Crippen LogP contribution is 2.63. The minimum atomic E-state index is 0.384. The van der Waals surface area contributed by atoms with E-state index in [2.05, 4.69) is 32.3 Å². The van der Waals surface area contributed by atoms with E-state index in [4.69, 9.17) is 0 Å². The molecule has 1 saturated carbocycles. The molecule has 3 fully saturated rings. The van der Waals surface area contributed by atoms with Gasteiger partial charge in [-0.3, -0.25) is 4.90 Å². The molecule has 0 bridgehead atoms. The number of hydrogen-bond donors (Lipinski definition) is 0. The molecule has 2 saturated heterocycles. The zero-order chi connectivity index (χ0) is 11.6. The summed E-state index contributed by atoms with van der Waals surface area (Å²) in [5.74, 6) is 0. The van der Waals surface area contributed by atoms with Crippen LogP contribution < -0.4 is 0 Å². The quantitative estimate of drug-likeness (QED) is 0.609. The molecule has 3 rings (SSSR count). The Morgan fingerprint density at radius 1 is 1.31 bits per heavy atom. The molecule has 1 spiro atoms. The van der Waals surface area contributed by atoms with Crippen molar-refractivity contribution in [3.8, 4) is 0 Å². The Morgan fingerprint density at radius 3 is 2.56 bits per heavy atom. The second-order valence-corrected chi connectivity index (χ2v) is 7.72. The first-order chi connectivity index (χ1) is 7.35. The molecular weight excluding hydrogens is 194 g/mol. The second kappa shape index (κ2) is 2.93. The van der Waals surface area contributed by atoms with Crippen molar-refractivity contribution < 1.29 is 0 Å². The highest BCUT2D eigenvalue weighted by Gasteiger charge is 2.61. The zero-order valence-electron chi connectivity index (χ0n) is 11.1. The number of nitrogens with zero attached hydrogens (tertiary/aromatic N) is 1. The minimum absolute atomic E-state index is 0.384. The van der Waals surface area contributed by atoms with Crippen LogP contribution in [0.15, 0.2) is 12.2 Å². The third kappa shape index (κ3) is 1.48. The average Bonchev–Trinajstić information content (AvgIpc) is 2.71. The fourth-order valence-electron chi connectivity index (χ4n) is 4.18. The molecule has 0 aromatic carbocycles. The highest BCUT2D eigenvalue weighted by atomic mass is 15.3. The van der Waals surface area contributed by atoms with Crippen LogP contribution in [-0.4, -0.2) is 23.5 Å². The van der Waals surface area contributed by atoms with Gasteiger partial charge in [0.25, 0.3) is 0 Å². The van der Waals surface area contributed by atoms with Gasteiger partial charge in [0.05, 0.1) is 0 Å². The summed E-state index contributed by atoms with van der Waals surface area (Å²) in [5, 5.41) is 0. The van der Waals surface area contributed by atoms with Gasteiger partial charge < -0.3 is 0 Å². The van der Waals surface area contributed by atoms with E-state index < -0.39 is 0 Å². The van der Waals surface area contributed by atoms with E-state index in [1.807, 2.05) is 0 Å². The topological polar surface area (TPSA) is 3.24 Å². The monoisotopic (exact) mass is 219 g/mol. The number of rotatable bonds is 1. The van der Waals surface area contributed by atoms with Crippen LogP contribution in [0, 0.1) is 10.8 Å². The van der Waals surface area contributed by atoms with Crippen LogP contribution in [0.2, 0.25) is 0 Å². The van der Waals surface area contributed by atoms with Gasteiger partial charge in [0, 0.05) is 18.6 Å². The van der Waals surface area contributed by atoms with E-state index in [1.54, 1.807) is 0 Å². The lowest BCUT2D eigenvalue weighted by Crippen LogP contribution is -2.42.